The fraction of sp³-hybridized carbons (Fsp3) is 0.222. The van der Waals surface area contributed by atoms with Gasteiger partial charge in [0, 0.05) is 5.02 Å². The third-order valence-corrected chi connectivity index (χ3v) is 4.04. The number of carbonyl (C=O) groups is 2. The van der Waals surface area contributed by atoms with Gasteiger partial charge in [-0.2, -0.15) is 0 Å². The molecule has 1 aliphatic rings. The van der Waals surface area contributed by atoms with Crippen LogP contribution in [0.1, 0.15) is 17.5 Å². The van der Waals surface area contributed by atoms with Crippen molar-refractivity contribution in [3.63, 3.8) is 0 Å². The molecule has 1 unspecified atom stereocenters. The minimum absolute atomic E-state index is 0.301. The molecular formula is C18H16ClNO4. The smallest absolute Gasteiger partial charge is 0.307 e. The van der Waals surface area contributed by atoms with Crippen LogP contribution in [0.15, 0.2) is 42.5 Å². The number of anilines is 1. The minimum Gasteiger partial charge on any atom is -0.481 e. The molecule has 1 amide bonds. The van der Waals surface area contributed by atoms with Gasteiger partial charge in [0.05, 0.1) is 18.7 Å². The van der Waals surface area contributed by atoms with Crippen molar-refractivity contribution in [2.75, 3.05) is 4.90 Å². The van der Waals surface area contributed by atoms with Gasteiger partial charge in [-0.15, -0.1) is 0 Å². The lowest BCUT2D eigenvalue weighted by molar-refractivity contribution is -0.142. The molecule has 0 bridgehead atoms. The Bertz CT molecular complexity index is 805. The number of halogens is 1. The molecule has 1 heterocycles. The lowest BCUT2D eigenvalue weighted by Gasteiger charge is -2.34. The first-order valence-corrected chi connectivity index (χ1v) is 7.87. The highest BCUT2D eigenvalue weighted by Gasteiger charge is 2.35. The SMILES string of the molecule is Cc1ccc2c(c1)N(Cc1cccc(Cl)c1)C(=O)C(CC(=O)O)O2. The summed E-state index contributed by atoms with van der Waals surface area (Å²) in [5, 5.41) is 9.60. The van der Waals surface area contributed by atoms with Gasteiger partial charge in [0.1, 0.15) is 5.75 Å². The van der Waals surface area contributed by atoms with Crippen molar-refractivity contribution in [1.82, 2.24) is 0 Å². The van der Waals surface area contributed by atoms with Gasteiger partial charge in [0.15, 0.2) is 6.10 Å². The fourth-order valence-corrected chi connectivity index (χ4v) is 2.92. The number of fused-ring (bicyclic) bond motifs is 1. The molecule has 1 atom stereocenters. The molecule has 124 valence electrons. The number of rotatable bonds is 4. The number of amides is 1. The average Bonchev–Trinajstić information content (AvgIpc) is 2.51. The Balaban J connectivity index is 1.99. The predicted molar refractivity (Wildman–Crippen MR) is 90.5 cm³/mol. The van der Waals surface area contributed by atoms with Crippen LogP contribution in [-0.4, -0.2) is 23.1 Å². The summed E-state index contributed by atoms with van der Waals surface area (Å²) in [6, 6.07) is 12.7. The van der Waals surface area contributed by atoms with Crippen LogP contribution in [0, 0.1) is 6.92 Å². The van der Waals surface area contributed by atoms with Gasteiger partial charge in [-0.1, -0.05) is 29.8 Å². The van der Waals surface area contributed by atoms with Crippen molar-refractivity contribution in [2.24, 2.45) is 0 Å². The summed E-state index contributed by atoms with van der Waals surface area (Å²) in [5.41, 5.74) is 2.49. The Morgan fingerprint density at radius 2 is 2.08 bits per heavy atom. The number of aryl methyl sites for hydroxylation is 1. The van der Waals surface area contributed by atoms with Crippen molar-refractivity contribution < 1.29 is 19.4 Å². The van der Waals surface area contributed by atoms with E-state index in [0.717, 1.165) is 11.1 Å². The summed E-state index contributed by atoms with van der Waals surface area (Å²) in [6.45, 7) is 2.22. The summed E-state index contributed by atoms with van der Waals surface area (Å²) in [7, 11) is 0. The van der Waals surface area contributed by atoms with Gasteiger partial charge in [0.25, 0.3) is 5.91 Å². The number of benzene rings is 2. The Hall–Kier alpha value is -2.53. The lowest BCUT2D eigenvalue weighted by Crippen LogP contribution is -2.46. The van der Waals surface area contributed by atoms with Gasteiger partial charge < -0.3 is 14.7 Å². The minimum atomic E-state index is -1.08. The molecule has 0 fully saturated rings. The van der Waals surface area contributed by atoms with Crippen molar-refractivity contribution >= 4 is 29.2 Å². The van der Waals surface area contributed by atoms with Gasteiger partial charge >= 0.3 is 5.97 Å². The molecule has 5 nitrogen and oxygen atoms in total. The number of ether oxygens (including phenoxy) is 1. The van der Waals surface area contributed by atoms with Crippen LogP contribution >= 0.6 is 11.6 Å². The standard InChI is InChI=1S/C18H16ClNO4/c1-11-5-6-15-14(7-11)20(10-12-3-2-4-13(19)8-12)18(23)16(24-15)9-17(21)22/h2-8,16H,9-10H2,1H3,(H,21,22). The maximum absolute atomic E-state index is 12.7. The number of carboxylic acids is 1. The third-order valence-electron chi connectivity index (χ3n) is 3.81. The summed E-state index contributed by atoms with van der Waals surface area (Å²) in [4.78, 5) is 25.3. The summed E-state index contributed by atoms with van der Waals surface area (Å²) < 4.78 is 5.60. The first kappa shape index (κ1) is 16.3. The van der Waals surface area contributed by atoms with E-state index >= 15 is 0 Å². The van der Waals surface area contributed by atoms with Crippen LogP contribution in [0.5, 0.6) is 5.75 Å². The molecule has 1 N–H and O–H groups in total. The second-order valence-electron chi connectivity index (χ2n) is 5.73. The van der Waals surface area contributed by atoms with Gasteiger partial charge in [0.2, 0.25) is 0 Å². The molecule has 3 rings (SSSR count). The molecule has 0 aliphatic carbocycles. The van der Waals surface area contributed by atoms with Gasteiger partial charge in [-0.05, 0) is 42.3 Å². The number of carbonyl (C=O) groups excluding carboxylic acids is 1. The summed E-state index contributed by atoms with van der Waals surface area (Å²) >= 11 is 6.02. The maximum Gasteiger partial charge on any atom is 0.307 e. The van der Waals surface area contributed by atoms with E-state index in [4.69, 9.17) is 21.4 Å². The molecule has 24 heavy (non-hydrogen) atoms. The second kappa shape index (κ2) is 6.53. The molecule has 0 saturated carbocycles. The quantitative estimate of drug-likeness (QED) is 0.922. The zero-order chi connectivity index (χ0) is 17.3. The van der Waals surface area contributed by atoms with Crippen LogP contribution in [0.4, 0.5) is 5.69 Å². The normalized spacial score (nSPS) is 16.5. The maximum atomic E-state index is 12.7. The monoisotopic (exact) mass is 345 g/mol. The van der Waals surface area contributed by atoms with Crippen molar-refractivity contribution in [2.45, 2.75) is 26.0 Å². The van der Waals surface area contributed by atoms with Gasteiger partial charge in [-0.3, -0.25) is 9.59 Å². The Kier molecular flexibility index (Phi) is 4.44. The van der Waals surface area contributed by atoms with Crippen molar-refractivity contribution in [1.29, 1.82) is 0 Å². The van der Waals surface area contributed by atoms with E-state index in [1.165, 1.54) is 0 Å². The average molecular weight is 346 g/mol. The topological polar surface area (TPSA) is 66.8 Å². The van der Waals surface area contributed by atoms with E-state index in [1.807, 2.05) is 31.2 Å². The second-order valence-corrected chi connectivity index (χ2v) is 6.17. The Morgan fingerprint density at radius 3 is 2.79 bits per heavy atom. The highest BCUT2D eigenvalue weighted by molar-refractivity contribution is 6.30. The van der Waals surface area contributed by atoms with E-state index in [0.29, 0.717) is 23.0 Å². The number of hydrogen-bond donors (Lipinski definition) is 1. The Labute approximate surface area is 144 Å². The zero-order valence-electron chi connectivity index (χ0n) is 13.0. The number of nitrogens with zero attached hydrogens (tertiary/aromatic N) is 1. The van der Waals surface area contributed by atoms with Crippen LogP contribution in [-0.2, 0) is 16.1 Å². The van der Waals surface area contributed by atoms with Crippen molar-refractivity contribution in [3.8, 4) is 5.75 Å². The number of aliphatic carboxylic acids is 1. The van der Waals surface area contributed by atoms with E-state index in [-0.39, 0.29) is 12.3 Å². The highest BCUT2D eigenvalue weighted by Crippen LogP contribution is 2.36. The zero-order valence-corrected chi connectivity index (χ0v) is 13.8. The van der Waals surface area contributed by atoms with E-state index in [2.05, 4.69) is 0 Å². The molecule has 6 heteroatoms. The third kappa shape index (κ3) is 3.36. The first-order chi connectivity index (χ1) is 11.4. The molecule has 2 aromatic carbocycles. The summed E-state index contributed by atoms with van der Waals surface area (Å²) in [5.74, 6) is -0.935. The van der Waals surface area contributed by atoms with Crippen LogP contribution in [0.2, 0.25) is 5.02 Å². The van der Waals surface area contributed by atoms with Crippen LogP contribution < -0.4 is 9.64 Å². The van der Waals surface area contributed by atoms with E-state index < -0.39 is 12.1 Å². The molecule has 0 aromatic heterocycles. The van der Waals surface area contributed by atoms with Crippen molar-refractivity contribution in [3.05, 3.63) is 58.6 Å². The number of hydrogen-bond acceptors (Lipinski definition) is 3. The van der Waals surface area contributed by atoms with Gasteiger partial charge in [-0.25, -0.2) is 0 Å². The first-order valence-electron chi connectivity index (χ1n) is 7.49. The molecule has 0 saturated heterocycles. The molecule has 0 spiro atoms. The highest BCUT2D eigenvalue weighted by atomic mass is 35.5. The van der Waals surface area contributed by atoms with E-state index in [1.54, 1.807) is 23.1 Å². The Morgan fingerprint density at radius 1 is 1.29 bits per heavy atom. The summed E-state index contributed by atoms with van der Waals surface area (Å²) in [6.07, 6.45) is -1.41. The van der Waals surface area contributed by atoms with E-state index in [9.17, 15) is 9.59 Å². The fourth-order valence-electron chi connectivity index (χ4n) is 2.70. The molecular weight excluding hydrogens is 330 g/mol. The predicted octanol–water partition coefficient (Wildman–Crippen LogP) is 3.42. The molecule has 1 aliphatic heterocycles. The largest absolute Gasteiger partial charge is 0.481 e. The number of carboxylic acid groups (broad SMARTS) is 1. The lowest BCUT2D eigenvalue weighted by atomic mass is 10.1. The van der Waals surface area contributed by atoms with Crippen LogP contribution in [0.25, 0.3) is 0 Å². The molecule has 2 aromatic rings. The molecule has 0 radical (unpaired) electrons. The van der Waals surface area contributed by atoms with Crippen LogP contribution in [0.3, 0.4) is 0 Å².